The van der Waals surface area contributed by atoms with Crippen molar-refractivity contribution in [1.82, 2.24) is 0 Å². The number of carbonyl (C=O) groups excluding carboxylic acids is 1. The maximum atomic E-state index is 12.7. The predicted octanol–water partition coefficient (Wildman–Crippen LogP) is 4.49. The van der Waals surface area contributed by atoms with E-state index in [-0.39, 0.29) is 6.54 Å². The Labute approximate surface area is 136 Å². The van der Waals surface area contributed by atoms with Crippen LogP contribution in [0.1, 0.15) is 31.4 Å². The van der Waals surface area contributed by atoms with Crippen LogP contribution in [0, 0.1) is 5.92 Å². The van der Waals surface area contributed by atoms with Crippen molar-refractivity contribution in [3.63, 3.8) is 0 Å². The molecule has 0 bridgehead atoms. The summed E-state index contributed by atoms with van der Waals surface area (Å²) >= 11 is 3.62. The molecule has 1 unspecified atom stereocenters. The average Bonchev–Trinajstić information content (AvgIpc) is 2.44. The Bertz CT molecular complexity index is 557. The molecule has 0 N–H and O–H groups in total. The summed E-state index contributed by atoms with van der Waals surface area (Å²) in [5.41, 5.74) is 2.30. The summed E-state index contributed by atoms with van der Waals surface area (Å²) < 4.78 is 38.0. The third kappa shape index (κ3) is 3.83. The number of benzene rings is 1. The maximum Gasteiger partial charge on any atom is 0.471 e. The van der Waals surface area contributed by atoms with E-state index >= 15 is 0 Å². The van der Waals surface area contributed by atoms with Gasteiger partial charge in [0.05, 0.1) is 0 Å². The highest BCUT2D eigenvalue weighted by atomic mass is 79.9. The van der Waals surface area contributed by atoms with E-state index in [0.717, 1.165) is 22.4 Å². The first-order valence-corrected chi connectivity index (χ1v) is 8.26. The van der Waals surface area contributed by atoms with Crippen molar-refractivity contribution in [2.45, 2.75) is 44.1 Å². The molecule has 122 valence electrons. The smallest absolute Gasteiger partial charge is 0.304 e. The van der Waals surface area contributed by atoms with Crippen molar-refractivity contribution in [2.75, 3.05) is 11.4 Å². The molecule has 1 aliphatic rings. The number of nitrogens with zero attached hydrogens (tertiary/aromatic N) is 1. The third-order valence-corrected chi connectivity index (χ3v) is 5.29. The van der Waals surface area contributed by atoms with Gasteiger partial charge in [-0.3, -0.25) is 4.79 Å². The summed E-state index contributed by atoms with van der Waals surface area (Å²) in [6, 6.07) is 5.40. The van der Waals surface area contributed by atoms with Crippen LogP contribution < -0.4 is 4.90 Å². The van der Waals surface area contributed by atoms with Crippen LogP contribution in [-0.4, -0.2) is 23.5 Å². The number of hydrogen-bond donors (Lipinski definition) is 0. The zero-order valence-corrected chi connectivity index (χ0v) is 14.2. The molecular weight excluding hydrogens is 359 g/mol. The lowest BCUT2D eigenvalue weighted by Gasteiger charge is -2.30. The van der Waals surface area contributed by atoms with Crippen LogP contribution >= 0.6 is 15.9 Å². The minimum Gasteiger partial charge on any atom is -0.304 e. The molecule has 0 saturated carbocycles. The van der Waals surface area contributed by atoms with Crippen molar-refractivity contribution in [3.8, 4) is 0 Å². The molecule has 0 aliphatic carbocycles. The summed E-state index contributed by atoms with van der Waals surface area (Å²) in [5, 5.41) is 0. The van der Waals surface area contributed by atoms with Crippen molar-refractivity contribution in [1.29, 1.82) is 0 Å². The fourth-order valence-corrected chi connectivity index (χ4v) is 2.98. The molecule has 6 heteroatoms. The number of alkyl halides is 4. The molecule has 22 heavy (non-hydrogen) atoms. The summed E-state index contributed by atoms with van der Waals surface area (Å²) in [6.07, 6.45) is -2.75. The highest BCUT2D eigenvalue weighted by Crippen LogP contribution is 2.32. The molecule has 1 atom stereocenters. The summed E-state index contributed by atoms with van der Waals surface area (Å²) in [7, 11) is 0. The van der Waals surface area contributed by atoms with Crippen LogP contribution in [-0.2, 0) is 17.6 Å². The van der Waals surface area contributed by atoms with E-state index < -0.39 is 12.1 Å². The van der Waals surface area contributed by atoms with Crippen molar-refractivity contribution in [2.24, 2.45) is 5.92 Å². The highest BCUT2D eigenvalue weighted by molar-refractivity contribution is 9.09. The molecule has 1 amide bonds. The minimum atomic E-state index is -4.83. The van der Waals surface area contributed by atoms with Gasteiger partial charge in [0.2, 0.25) is 0 Å². The quantitative estimate of drug-likeness (QED) is 0.710. The molecule has 2 rings (SSSR count). The Morgan fingerprint density at radius 3 is 2.64 bits per heavy atom. The number of carbonyl (C=O) groups is 1. The number of amides is 1. The first-order valence-electron chi connectivity index (χ1n) is 7.34. The normalized spacial score (nSPS) is 16.6. The highest BCUT2D eigenvalue weighted by Gasteiger charge is 2.43. The Hall–Kier alpha value is -1.04. The number of aryl methyl sites for hydroxylation is 1. The zero-order valence-electron chi connectivity index (χ0n) is 12.6. The second-order valence-electron chi connectivity index (χ2n) is 5.99. The van der Waals surface area contributed by atoms with Crippen LogP contribution in [0.2, 0.25) is 0 Å². The number of fused-ring (bicyclic) bond motifs is 1. The molecule has 2 nitrogen and oxygen atoms in total. The second-order valence-corrected chi connectivity index (χ2v) is 7.16. The van der Waals surface area contributed by atoms with Crippen LogP contribution in [0.15, 0.2) is 18.2 Å². The van der Waals surface area contributed by atoms with E-state index in [1.54, 1.807) is 6.07 Å². The Morgan fingerprint density at radius 1 is 1.36 bits per heavy atom. The van der Waals surface area contributed by atoms with E-state index in [9.17, 15) is 18.0 Å². The van der Waals surface area contributed by atoms with Gasteiger partial charge in [-0.2, -0.15) is 13.2 Å². The molecule has 1 heterocycles. The van der Waals surface area contributed by atoms with Gasteiger partial charge >= 0.3 is 12.1 Å². The lowest BCUT2D eigenvalue weighted by molar-refractivity contribution is -0.170. The van der Waals surface area contributed by atoms with E-state index in [1.807, 2.05) is 12.1 Å². The first kappa shape index (κ1) is 17.3. The largest absolute Gasteiger partial charge is 0.471 e. The van der Waals surface area contributed by atoms with Crippen LogP contribution in [0.25, 0.3) is 0 Å². The Kier molecular flexibility index (Phi) is 5.20. The Balaban J connectivity index is 2.25. The van der Waals surface area contributed by atoms with Crippen molar-refractivity contribution < 1.29 is 18.0 Å². The number of halogens is 4. The summed E-state index contributed by atoms with van der Waals surface area (Å²) in [5.74, 6) is -1.30. The fourth-order valence-electron chi connectivity index (χ4n) is 2.60. The molecule has 0 saturated heterocycles. The molecule has 0 spiro atoms. The summed E-state index contributed by atoms with van der Waals surface area (Å²) in [6.45, 7) is 4.35. The topological polar surface area (TPSA) is 20.3 Å². The standard InChI is InChI=1S/C16H19BrF3NO/c1-10(2)13(17)9-11-5-6-14-12(8-11)4-3-7-21(14)15(22)16(18,19)20/h5-6,8,10,13H,3-4,7,9H2,1-2H3. The average molecular weight is 378 g/mol. The maximum absolute atomic E-state index is 12.7. The van der Waals surface area contributed by atoms with Crippen molar-refractivity contribution in [3.05, 3.63) is 29.3 Å². The minimum absolute atomic E-state index is 0.123. The van der Waals surface area contributed by atoms with Gasteiger partial charge in [0.1, 0.15) is 0 Å². The molecule has 1 aliphatic heterocycles. The summed E-state index contributed by atoms with van der Waals surface area (Å²) in [4.78, 5) is 12.7. The van der Waals surface area contributed by atoms with Crippen LogP contribution in [0.5, 0.6) is 0 Å². The van der Waals surface area contributed by atoms with Gasteiger partial charge in [-0.1, -0.05) is 41.9 Å². The van der Waals surface area contributed by atoms with Gasteiger partial charge in [0, 0.05) is 17.1 Å². The van der Waals surface area contributed by atoms with E-state index in [0.29, 0.717) is 29.3 Å². The molecule has 0 aromatic heterocycles. The third-order valence-electron chi connectivity index (χ3n) is 3.90. The second kappa shape index (κ2) is 6.60. The monoisotopic (exact) mass is 377 g/mol. The molecule has 0 radical (unpaired) electrons. The number of anilines is 1. The van der Waals surface area contributed by atoms with Gasteiger partial charge in [-0.05, 0) is 42.4 Å². The lowest BCUT2D eigenvalue weighted by Crippen LogP contribution is -2.43. The molecular formula is C16H19BrF3NO. The van der Waals surface area contributed by atoms with E-state index in [4.69, 9.17) is 0 Å². The predicted molar refractivity (Wildman–Crippen MR) is 84.4 cm³/mol. The van der Waals surface area contributed by atoms with E-state index in [2.05, 4.69) is 29.8 Å². The molecule has 1 aromatic rings. The van der Waals surface area contributed by atoms with E-state index in [1.165, 1.54) is 0 Å². The number of hydrogen-bond acceptors (Lipinski definition) is 1. The molecule has 0 fully saturated rings. The SMILES string of the molecule is CC(C)C(Br)Cc1ccc2c(c1)CCCN2C(=O)C(F)(F)F. The van der Waals surface area contributed by atoms with Gasteiger partial charge in [0.25, 0.3) is 0 Å². The van der Waals surface area contributed by atoms with Gasteiger partial charge in [0.15, 0.2) is 0 Å². The zero-order chi connectivity index (χ0) is 16.5. The van der Waals surface area contributed by atoms with Crippen LogP contribution in [0.4, 0.5) is 18.9 Å². The van der Waals surface area contributed by atoms with Gasteiger partial charge in [-0.15, -0.1) is 0 Å². The van der Waals surface area contributed by atoms with Crippen LogP contribution in [0.3, 0.4) is 0 Å². The van der Waals surface area contributed by atoms with Gasteiger partial charge < -0.3 is 4.90 Å². The Morgan fingerprint density at radius 2 is 2.05 bits per heavy atom. The van der Waals surface area contributed by atoms with Crippen molar-refractivity contribution >= 4 is 27.5 Å². The number of rotatable bonds is 3. The first-order chi connectivity index (χ1) is 10.2. The van der Waals surface area contributed by atoms with Gasteiger partial charge in [-0.25, -0.2) is 0 Å². The lowest BCUT2D eigenvalue weighted by atomic mass is 9.95. The fraction of sp³-hybridized carbons (Fsp3) is 0.562. The molecule has 1 aromatic carbocycles.